The number of benzene rings is 2. The molecular formula is C28H32N4O7S. The predicted molar refractivity (Wildman–Crippen MR) is 146 cm³/mol. The van der Waals surface area contributed by atoms with Crippen LogP contribution in [-0.4, -0.2) is 83.0 Å². The third-order valence-corrected chi connectivity index (χ3v) is 8.92. The van der Waals surface area contributed by atoms with Crippen LogP contribution in [0.3, 0.4) is 0 Å². The van der Waals surface area contributed by atoms with Crippen LogP contribution in [0.4, 0.5) is 0 Å². The van der Waals surface area contributed by atoms with Gasteiger partial charge in [-0.05, 0) is 55.0 Å². The molecular weight excluding hydrogens is 536 g/mol. The molecule has 5 atom stereocenters. The van der Waals surface area contributed by atoms with Crippen LogP contribution in [0.2, 0.25) is 0 Å². The summed E-state index contributed by atoms with van der Waals surface area (Å²) in [7, 11) is -4.02. The summed E-state index contributed by atoms with van der Waals surface area (Å²) < 4.78 is 24.2. The molecule has 5 rings (SSSR count). The minimum absolute atomic E-state index is 0.259. The number of hydrogen-bond acceptors (Lipinski definition) is 7. The van der Waals surface area contributed by atoms with Crippen LogP contribution < -0.4 is 10.6 Å². The lowest BCUT2D eigenvalue weighted by Gasteiger charge is -2.43. The number of carbonyl (C=O) groups is 4. The summed E-state index contributed by atoms with van der Waals surface area (Å²) >= 11 is 0. The number of nitrogens with one attached hydrogen (secondary N) is 2. The summed E-state index contributed by atoms with van der Waals surface area (Å²) in [5.74, 6) is -2.18. The highest BCUT2D eigenvalue weighted by molar-refractivity contribution is 7.88. The molecule has 0 bridgehead atoms. The molecule has 2 aromatic carbocycles. The van der Waals surface area contributed by atoms with Crippen molar-refractivity contribution in [2.75, 3.05) is 6.26 Å². The highest BCUT2D eigenvalue weighted by Gasteiger charge is 2.47. The molecule has 3 heterocycles. The Kier molecular flexibility index (Phi) is 7.65. The van der Waals surface area contributed by atoms with E-state index in [0.717, 1.165) is 17.0 Å². The summed E-state index contributed by atoms with van der Waals surface area (Å²) in [4.78, 5) is 54.2. The molecule has 12 heteroatoms. The van der Waals surface area contributed by atoms with Gasteiger partial charge in [-0.25, -0.2) is 12.7 Å². The van der Waals surface area contributed by atoms with Crippen molar-refractivity contribution in [1.29, 1.82) is 0 Å². The Labute approximate surface area is 232 Å². The molecule has 3 aliphatic rings. The Morgan fingerprint density at radius 2 is 1.70 bits per heavy atom. The number of hydrogen-bond donors (Lipinski definition) is 3. The molecule has 0 aromatic heterocycles. The van der Waals surface area contributed by atoms with E-state index in [1.807, 2.05) is 42.5 Å². The van der Waals surface area contributed by atoms with E-state index in [2.05, 4.69) is 10.6 Å². The average molecular weight is 569 g/mol. The molecule has 0 spiro atoms. The van der Waals surface area contributed by atoms with E-state index in [1.165, 1.54) is 4.90 Å². The van der Waals surface area contributed by atoms with Gasteiger partial charge in [-0.2, -0.15) is 0 Å². The molecule has 2 saturated heterocycles. The van der Waals surface area contributed by atoms with Gasteiger partial charge in [0, 0.05) is 11.6 Å². The second-order valence-electron chi connectivity index (χ2n) is 10.6. The standard InChI is InChI=1S/C28H32N4O7S/c1-40(38,39)32-24(33)16-22(28(32)37)30-26(35)23-12-6-10-20-9-4-5-11-21(27(36)31(20)23)29-25(34)19-14-13-17-7-2-3-8-18(17)15-19/h2-5,7-8,13-15,20-23,28,37H,6,9-12,16H2,1H3,(H,29,34)(H,30,35)/b5-4-. The van der Waals surface area contributed by atoms with Gasteiger partial charge in [0.15, 0.2) is 6.23 Å². The third kappa shape index (κ3) is 5.46. The Bertz CT molecular complexity index is 1490. The van der Waals surface area contributed by atoms with Gasteiger partial charge < -0.3 is 20.6 Å². The fraction of sp³-hybridized carbons (Fsp3) is 0.429. The van der Waals surface area contributed by atoms with E-state index < -0.39 is 52.1 Å². The molecule has 0 saturated carbocycles. The van der Waals surface area contributed by atoms with Crippen LogP contribution in [0.5, 0.6) is 0 Å². The quantitative estimate of drug-likeness (QED) is 0.456. The minimum atomic E-state index is -4.02. The van der Waals surface area contributed by atoms with Gasteiger partial charge in [-0.1, -0.05) is 42.5 Å². The second kappa shape index (κ2) is 11.0. The van der Waals surface area contributed by atoms with Crippen LogP contribution in [0.25, 0.3) is 10.8 Å². The monoisotopic (exact) mass is 568 g/mol. The number of piperidine rings is 1. The van der Waals surface area contributed by atoms with Crippen molar-refractivity contribution in [3.8, 4) is 0 Å². The van der Waals surface area contributed by atoms with Crippen LogP contribution in [0.15, 0.2) is 54.6 Å². The van der Waals surface area contributed by atoms with Crippen LogP contribution in [0, 0.1) is 0 Å². The van der Waals surface area contributed by atoms with Gasteiger partial charge in [-0.3, -0.25) is 19.2 Å². The first kappa shape index (κ1) is 27.8. The van der Waals surface area contributed by atoms with E-state index >= 15 is 0 Å². The fourth-order valence-electron chi connectivity index (χ4n) is 5.84. The van der Waals surface area contributed by atoms with E-state index in [9.17, 15) is 32.7 Å². The van der Waals surface area contributed by atoms with Crippen molar-refractivity contribution in [3.05, 3.63) is 60.2 Å². The van der Waals surface area contributed by atoms with Crippen molar-refractivity contribution < 1.29 is 32.7 Å². The predicted octanol–water partition coefficient (Wildman–Crippen LogP) is 1.03. The van der Waals surface area contributed by atoms with E-state index in [1.54, 1.807) is 12.1 Å². The summed E-state index contributed by atoms with van der Waals surface area (Å²) in [6.07, 6.45) is 5.03. The number of aliphatic hydroxyl groups is 1. The summed E-state index contributed by atoms with van der Waals surface area (Å²) in [5, 5.41) is 17.8. The summed E-state index contributed by atoms with van der Waals surface area (Å²) in [6, 6.07) is 9.76. The summed E-state index contributed by atoms with van der Waals surface area (Å²) in [6.45, 7) is 0. The number of carbonyl (C=O) groups excluding carboxylic acids is 4. The highest BCUT2D eigenvalue weighted by Crippen LogP contribution is 2.29. The topological polar surface area (TPSA) is 153 Å². The maximum atomic E-state index is 13.9. The first-order valence-corrected chi connectivity index (χ1v) is 15.2. The second-order valence-corrected chi connectivity index (χ2v) is 12.4. The number of sulfonamides is 1. The third-order valence-electron chi connectivity index (χ3n) is 7.79. The molecule has 5 unspecified atom stereocenters. The molecule has 3 N–H and O–H groups in total. The lowest BCUT2D eigenvalue weighted by molar-refractivity contribution is -0.148. The number of amides is 4. The lowest BCUT2D eigenvalue weighted by atomic mass is 9.90. The molecule has 3 aliphatic heterocycles. The van der Waals surface area contributed by atoms with Gasteiger partial charge in [-0.15, -0.1) is 0 Å². The van der Waals surface area contributed by atoms with Gasteiger partial charge in [0.1, 0.15) is 12.1 Å². The Morgan fingerprint density at radius 1 is 0.975 bits per heavy atom. The average Bonchev–Trinajstić information content (AvgIpc) is 3.20. The molecule has 40 heavy (non-hydrogen) atoms. The van der Waals surface area contributed by atoms with Crippen molar-refractivity contribution in [2.45, 2.75) is 68.9 Å². The van der Waals surface area contributed by atoms with Gasteiger partial charge in [0.25, 0.3) is 5.91 Å². The maximum absolute atomic E-state index is 13.9. The van der Waals surface area contributed by atoms with Crippen molar-refractivity contribution in [2.24, 2.45) is 0 Å². The van der Waals surface area contributed by atoms with Crippen LogP contribution in [0.1, 0.15) is 48.9 Å². The SMILES string of the molecule is CS(=O)(=O)N1C(=O)CC(NC(=O)C2CCCC3C/C=C\CC(NC(=O)c4ccc5ccccc5c4)C(=O)N32)C1O. The Balaban J connectivity index is 1.34. The first-order chi connectivity index (χ1) is 19.0. The van der Waals surface area contributed by atoms with Gasteiger partial charge >= 0.3 is 0 Å². The minimum Gasteiger partial charge on any atom is -0.370 e. The molecule has 212 valence electrons. The number of fused-ring (bicyclic) bond motifs is 2. The molecule has 2 fully saturated rings. The van der Waals surface area contributed by atoms with E-state index in [-0.39, 0.29) is 24.8 Å². The Hall–Kier alpha value is -3.77. The van der Waals surface area contributed by atoms with Crippen LogP contribution in [-0.2, 0) is 24.4 Å². The van der Waals surface area contributed by atoms with E-state index in [4.69, 9.17) is 0 Å². The zero-order valence-electron chi connectivity index (χ0n) is 22.0. The highest BCUT2D eigenvalue weighted by atomic mass is 32.2. The smallest absolute Gasteiger partial charge is 0.251 e. The number of rotatable bonds is 5. The largest absolute Gasteiger partial charge is 0.370 e. The van der Waals surface area contributed by atoms with E-state index in [0.29, 0.717) is 35.6 Å². The molecule has 0 aliphatic carbocycles. The normalized spacial score (nSPS) is 28.0. The Morgan fingerprint density at radius 3 is 2.42 bits per heavy atom. The van der Waals surface area contributed by atoms with Crippen molar-refractivity contribution >= 4 is 44.4 Å². The zero-order valence-corrected chi connectivity index (χ0v) is 22.8. The molecule has 0 radical (unpaired) electrons. The van der Waals surface area contributed by atoms with Crippen molar-refractivity contribution in [1.82, 2.24) is 19.8 Å². The lowest BCUT2D eigenvalue weighted by Crippen LogP contribution is -2.62. The zero-order chi connectivity index (χ0) is 28.6. The molecule has 11 nitrogen and oxygen atoms in total. The summed E-state index contributed by atoms with van der Waals surface area (Å²) in [5.41, 5.74) is 0.414. The fourth-order valence-corrected chi connectivity index (χ4v) is 6.82. The first-order valence-electron chi connectivity index (χ1n) is 13.3. The van der Waals surface area contributed by atoms with Crippen LogP contribution >= 0.6 is 0 Å². The van der Waals surface area contributed by atoms with Gasteiger partial charge in [0.05, 0.1) is 18.7 Å². The maximum Gasteiger partial charge on any atom is 0.251 e. The van der Waals surface area contributed by atoms with Crippen molar-refractivity contribution in [3.63, 3.8) is 0 Å². The van der Waals surface area contributed by atoms with Gasteiger partial charge in [0.2, 0.25) is 27.7 Å². The number of nitrogens with zero attached hydrogens (tertiary/aromatic N) is 2. The molecule has 2 aromatic rings. The number of aliphatic hydroxyl groups excluding tert-OH is 1. The molecule has 4 amide bonds.